The fourth-order valence-corrected chi connectivity index (χ4v) is 2.72. The predicted octanol–water partition coefficient (Wildman–Crippen LogP) is 6.38. The van der Waals surface area contributed by atoms with Gasteiger partial charge in [0.2, 0.25) is 11.8 Å². The largest absolute Gasteiger partial charge is 0.459 e. The lowest BCUT2D eigenvalue weighted by Gasteiger charge is -2.21. The van der Waals surface area contributed by atoms with Crippen molar-refractivity contribution in [1.29, 1.82) is 0 Å². The second kappa shape index (κ2) is 19.3. The van der Waals surface area contributed by atoms with Gasteiger partial charge >= 0.3 is 11.9 Å². The average Bonchev–Trinajstić information content (AvgIpc) is 2.80. The van der Waals surface area contributed by atoms with Gasteiger partial charge in [-0.1, -0.05) is 48.1 Å². The lowest BCUT2D eigenvalue weighted by atomic mass is 9.94. The number of hydrogen-bond donors (Lipinski definition) is 2. The van der Waals surface area contributed by atoms with E-state index in [4.69, 9.17) is 9.47 Å². The topological polar surface area (TPSA) is 111 Å². The summed E-state index contributed by atoms with van der Waals surface area (Å²) < 4.78 is 10.1. The number of esters is 2. The number of nitrogens with one attached hydrogen (secondary N) is 2. The standard InChI is InChI=1S/C20H26N2O6.3C2H6.2H2/c1-10(2)19(25)27-8-9-28-20(26)16-11(3)17(21-14(6)23)13(5)18(12(16)4)22-15(7)24;3*1-2;;/h1,8-9H2,2-7H3,(H,21,23)(H,22,24);3*1-2H3;2*1H. The Balaban J connectivity index is -0.000000371. The zero-order valence-electron chi connectivity index (χ0n) is 23.1. The van der Waals surface area contributed by atoms with Crippen molar-refractivity contribution in [2.45, 2.75) is 83.1 Å². The number of anilines is 2. The Kier molecular flexibility index (Phi) is 20.1. The molecule has 0 aliphatic rings. The summed E-state index contributed by atoms with van der Waals surface area (Å²) in [4.78, 5) is 47.2. The van der Waals surface area contributed by atoms with Crippen LogP contribution >= 0.6 is 0 Å². The second-order valence-corrected chi connectivity index (χ2v) is 6.41. The summed E-state index contributed by atoms with van der Waals surface area (Å²) in [5.41, 5.74) is 3.00. The van der Waals surface area contributed by atoms with E-state index in [1.807, 2.05) is 41.5 Å². The highest BCUT2D eigenvalue weighted by molar-refractivity contribution is 6.03. The van der Waals surface area contributed by atoms with Crippen LogP contribution in [0.15, 0.2) is 12.2 Å². The molecule has 0 spiro atoms. The Bertz CT molecular complexity index is 812. The molecule has 0 saturated heterocycles. The number of carbonyl (C=O) groups is 4. The minimum atomic E-state index is -0.653. The highest BCUT2D eigenvalue weighted by Gasteiger charge is 2.24. The molecule has 0 aliphatic carbocycles. The van der Waals surface area contributed by atoms with Crippen molar-refractivity contribution in [1.82, 2.24) is 0 Å². The molecule has 1 aromatic rings. The summed E-state index contributed by atoms with van der Waals surface area (Å²) >= 11 is 0. The highest BCUT2D eigenvalue weighted by Crippen LogP contribution is 2.35. The zero-order chi connectivity index (χ0) is 27.6. The highest BCUT2D eigenvalue weighted by atomic mass is 16.6. The maximum atomic E-state index is 12.6. The fraction of sp³-hybridized carbons (Fsp3) is 0.538. The van der Waals surface area contributed by atoms with Gasteiger partial charge in [0.15, 0.2) is 0 Å². The summed E-state index contributed by atoms with van der Waals surface area (Å²) in [5.74, 6) is -1.84. The number of hydrogen-bond acceptors (Lipinski definition) is 6. The van der Waals surface area contributed by atoms with Crippen molar-refractivity contribution < 1.29 is 31.5 Å². The maximum Gasteiger partial charge on any atom is 0.338 e. The van der Waals surface area contributed by atoms with Crippen molar-refractivity contribution in [2.24, 2.45) is 0 Å². The van der Waals surface area contributed by atoms with E-state index in [0.29, 0.717) is 28.1 Å². The van der Waals surface area contributed by atoms with Gasteiger partial charge in [-0.05, 0) is 44.4 Å². The van der Waals surface area contributed by atoms with E-state index < -0.39 is 11.9 Å². The minimum absolute atomic E-state index is 0. The molecule has 1 aromatic carbocycles. The van der Waals surface area contributed by atoms with Gasteiger partial charge < -0.3 is 20.1 Å². The summed E-state index contributed by atoms with van der Waals surface area (Å²) in [6.45, 7) is 24.5. The van der Waals surface area contributed by atoms with Gasteiger partial charge in [0.1, 0.15) is 13.2 Å². The van der Waals surface area contributed by atoms with Crippen LogP contribution in [0, 0.1) is 20.8 Å². The molecule has 8 heteroatoms. The Morgan fingerprint density at radius 2 is 1.06 bits per heavy atom. The van der Waals surface area contributed by atoms with Gasteiger partial charge in [0, 0.05) is 33.6 Å². The molecule has 34 heavy (non-hydrogen) atoms. The molecule has 0 bridgehead atoms. The van der Waals surface area contributed by atoms with Crippen molar-refractivity contribution in [2.75, 3.05) is 23.8 Å². The fourth-order valence-electron chi connectivity index (χ4n) is 2.72. The Labute approximate surface area is 208 Å². The van der Waals surface area contributed by atoms with Crippen molar-refractivity contribution in [3.05, 3.63) is 34.4 Å². The minimum Gasteiger partial charge on any atom is -0.459 e. The molecule has 2 N–H and O–H groups in total. The zero-order valence-corrected chi connectivity index (χ0v) is 23.1. The van der Waals surface area contributed by atoms with Crippen molar-refractivity contribution in [3.8, 4) is 0 Å². The number of benzene rings is 1. The van der Waals surface area contributed by atoms with E-state index in [1.54, 1.807) is 20.8 Å². The third kappa shape index (κ3) is 11.6. The van der Waals surface area contributed by atoms with Gasteiger partial charge in [-0.15, -0.1) is 0 Å². The van der Waals surface area contributed by atoms with Crippen LogP contribution in [0.3, 0.4) is 0 Å². The molecule has 0 heterocycles. The van der Waals surface area contributed by atoms with Crippen LogP contribution in [0.4, 0.5) is 11.4 Å². The smallest absolute Gasteiger partial charge is 0.338 e. The SMILES string of the molecule is C=C(C)C(=O)OCCOC(=O)c1c(C)c(NC(C)=O)c(C)c(NC(C)=O)c1C.CC.CC.CC.[HH].[HH]. The second-order valence-electron chi connectivity index (χ2n) is 6.41. The van der Waals surface area contributed by atoms with Crippen LogP contribution in [-0.2, 0) is 23.9 Å². The Morgan fingerprint density at radius 3 is 1.38 bits per heavy atom. The number of rotatable bonds is 7. The molecule has 2 amide bonds. The first kappa shape index (κ1) is 35.4. The van der Waals surface area contributed by atoms with Gasteiger partial charge in [0.05, 0.1) is 5.56 Å². The van der Waals surface area contributed by atoms with Crippen LogP contribution in [-0.4, -0.2) is 37.0 Å². The summed E-state index contributed by atoms with van der Waals surface area (Å²) in [6, 6.07) is 0. The lowest BCUT2D eigenvalue weighted by molar-refractivity contribution is -0.140. The maximum absolute atomic E-state index is 12.6. The first-order valence-electron chi connectivity index (χ1n) is 11.7. The molecule has 0 unspecified atom stereocenters. The molecule has 0 aliphatic heterocycles. The number of ether oxygens (including phenoxy) is 2. The average molecular weight is 485 g/mol. The van der Waals surface area contributed by atoms with Crippen LogP contribution < -0.4 is 10.6 Å². The third-order valence-corrected chi connectivity index (χ3v) is 3.95. The van der Waals surface area contributed by atoms with Crippen LogP contribution in [0.1, 0.15) is 92.2 Å². The van der Waals surface area contributed by atoms with Crippen molar-refractivity contribution >= 4 is 35.1 Å². The molecule has 8 nitrogen and oxygen atoms in total. The number of amides is 2. The molecule has 0 radical (unpaired) electrons. The molecule has 0 aromatic heterocycles. The molecule has 0 fully saturated rings. The van der Waals surface area contributed by atoms with E-state index in [1.165, 1.54) is 20.8 Å². The molecular formula is C26H48N2O6. The first-order valence-corrected chi connectivity index (χ1v) is 11.7. The molecule has 0 saturated carbocycles. The van der Waals surface area contributed by atoms with E-state index in [2.05, 4.69) is 17.2 Å². The monoisotopic (exact) mass is 484 g/mol. The molecular weight excluding hydrogens is 436 g/mol. The van der Waals surface area contributed by atoms with E-state index in [9.17, 15) is 19.2 Å². The van der Waals surface area contributed by atoms with Gasteiger partial charge in [-0.2, -0.15) is 0 Å². The third-order valence-electron chi connectivity index (χ3n) is 3.95. The van der Waals surface area contributed by atoms with Gasteiger partial charge in [-0.3, -0.25) is 9.59 Å². The predicted molar refractivity (Wildman–Crippen MR) is 144 cm³/mol. The molecule has 1 rings (SSSR count). The summed E-state index contributed by atoms with van der Waals surface area (Å²) in [5, 5.41) is 5.39. The Morgan fingerprint density at radius 1 is 0.706 bits per heavy atom. The lowest BCUT2D eigenvalue weighted by Crippen LogP contribution is -2.20. The first-order chi connectivity index (χ1) is 16.0. The van der Waals surface area contributed by atoms with E-state index >= 15 is 0 Å². The van der Waals surface area contributed by atoms with Crippen LogP contribution in [0.5, 0.6) is 0 Å². The normalized spacial score (nSPS) is 8.82. The quantitative estimate of drug-likeness (QED) is 0.264. The number of carbonyl (C=O) groups excluding carboxylic acids is 4. The van der Waals surface area contributed by atoms with E-state index in [-0.39, 0.29) is 39.0 Å². The summed E-state index contributed by atoms with van der Waals surface area (Å²) in [6.07, 6.45) is 0. The molecule has 0 atom stereocenters. The van der Waals surface area contributed by atoms with Gasteiger partial charge in [-0.25, -0.2) is 9.59 Å². The van der Waals surface area contributed by atoms with Crippen LogP contribution in [0.25, 0.3) is 0 Å². The molecule has 198 valence electrons. The van der Waals surface area contributed by atoms with Crippen LogP contribution in [0.2, 0.25) is 0 Å². The van der Waals surface area contributed by atoms with Gasteiger partial charge in [0.25, 0.3) is 0 Å². The van der Waals surface area contributed by atoms with Crippen molar-refractivity contribution in [3.63, 3.8) is 0 Å². The Hall–Kier alpha value is -3.16. The van der Waals surface area contributed by atoms with E-state index in [0.717, 1.165) is 0 Å². The summed E-state index contributed by atoms with van der Waals surface area (Å²) in [7, 11) is 0.